The summed E-state index contributed by atoms with van der Waals surface area (Å²) < 4.78 is 29.9. The molecule has 1 saturated heterocycles. The summed E-state index contributed by atoms with van der Waals surface area (Å²) in [7, 11) is -3.73. The predicted molar refractivity (Wildman–Crippen MR) is 130 cm³/mol. The van der Waals surface area contributed by atoms with Crippen LogP contribution in [0.15, 0.2) is 45.7 Å². The van der Waals surface area contributed by atoms with Crippen molar-refractivity contribution in [3.63, 3.8) is 0 Å². The molecule has 1 amide bonds. The molecule has 0 bridgehead atoms. The fraction of sp³-hybridized carbons (Fsp3) is 0.417. The highest BCUT2D eigenvalue weighted by molar-refractivity contribution is 8.00. The van der Waals surface area contributed by atoms with Crippen molar-refractivity contribution in [2.75, 3.05) is 19.6 Å². The molecule has 2 aromatic rings. The summed E-state index contributed by atoms with van der Waals surface area (Å²) in [5.74, 6) is 0.566. The number of aryl methyl sites for hydroxylation is 2. The first kappa shape index (κ1) is 22.7. The Morgan fingerprint density at radius 2 is 1.91 bits per heavy atom. The summed E-state index contributed by atoms with van der Waals surface area (Å²) in [5.41, 5.74) is 3.55. The molecule has 8 heteroatoms. The SMILES string of the molecule is CC1=C(c2ccc(C)c(C)c2)S(=O)(=O)N=C1N1CCC(C(=O)NCCc2cccs2)CC1. The lowest BCUT2D eigenvalue weighted by Gasteiger charge is -2.32. The van der Waals surface area contributed by atoms with Crippen molar-refractivity contribution < 1.29 is 13.2 Å². The molecule has 0 aliphatic carbocycles. The molecule has 4 rings (SSSR count). The van der Waals surface area contributed by atoms with Crippen molar-refractivity contribution in [3.05, 3.63) is 62.9 Å². The Hall–Kier alpha value is -2.45. The van der Waals surface area contributed by atoms with Gasteiger partial charge in [0, 0.05) is 36.0 Å². The van der Waals surface area contributed by atoms with E-state index in [-0.39, 0.29) is 11.8 Å². The molecule has 1 fully saturated rings. The summed E-state index contributed by atoms with van der Waals surface area (Å²) >= 11 is 1.70. The number of nitrogens with zero attached hydrogens (tertiary/aromatic N) is 2. The molecule has 32 heavy (non-hydrogen) atoms. The number of thiophene rings is 1. The molecule has 0 spiro atoms. The number of amidine groups is 1. The van der Waals surface area contributed by atoms with Crippen LogP contribution in [0.2, 0.25) is 0 Å². The van der Waals surface area contributed by atoms with E-state index in [0.29, 0.717) is 54.4 Å². The van der Waals surface area contributed by atoms with E-state index in [2.05, 4.69) is 15.8 Å². The van der Waals surface area contributed by atoms with Gasteiger partial charge in [0.05, 0.1) is 0 Å². The number of amides is 1. The third-order valence-electron chi connectivity index (χ3n) is 6.33. The van der Waals surface area contributed by atoms with Crippen LogP contribution in [0.5, 0.6) is 0 Å². The van der Waals surface area contributed by atoms with Gasteiger partial charge in [0.25, 0.3) is 10.0 Å². The van der Waals surface area contributed by atoms with Gasteiger partial charge < -0.3 is 10.2 Å². The van der Waals surface area contributed by atoms with Crippen LogP contribution in [0.3, 0.4) is 0 Å². The number of sulfonamides is 1. The number of hydrogen-bond donors (Lipinski definition) is 1. The van der Waals surface area contributed by atoms with Gasteiger partial charge in [-0.05, 0) is 68.2 Å². The molecule has 2 aliphatic heterocycles. The van der Waals surface area contributed by atoms with Crippen LogP contribution >= 0.6 is 11.3 Å². The zero-order chi connectivity index (χ0) is 22.9. The quantitative estimate of drug-likeness (QED) is 0.717. The average molecular weight is 472 g/mol. The molecule has 1 aromatic carbocycles. The number of likely N-dealkylation sites (tertiary alicyclic amines) is 1. The topological polar surface area (TPSA) is 78.8 Å². The molecule has 0 radical (unpaired) electrons. The summed E-state index contributed by atoms with van der Waals surface area (Å²) in [4.78, 5) is 16.1. The Kier molecular flexibility index (Phi) is 6.53. The van der Waals surface area contributed by atoms with Crippen LogP contribution in [0.1, 0.15) is 41.3 Å². The van der Waals surface area contributed by atoms with Gasteiger partial charge in [-0.25, -0.2) is 0 Å². The van der Waals surface area contributed by atoms with Crippen molar-refractivity contribution >= 4 is 38.0 Å². The second-order valence-electron chi connectivity index (χ2n) is 8.52. The lowest BCUT2D eigenvalue weighted by molar-refractivity contribution is -0.126. The monoisotopic (exact) mass is 471 g/mol. The molecule has 3 heterocycles. The fourth-order valence-electron chi connectivity index (χ4n) is 4.33. The van der Waals surface area contributed by atoms with E-state index in [1.54, 1.807) is 11.3 Å². The molecule has 6 nitrogen and oxygen atoms in total. The Bertz CT molecular complexity index is 1170. The summed E-state index contributed by atoms with van der Waals surface area (Å²) in [5, 5.41) is 5.09. The Balaban J connectivity index is 1.40. The van der Waals surface area contributed by atoms with Gasteiger partial charge in [-0.1, -0.05) is 24.3 Å². The van der Waals surface area contributed by atoms with Gasteiger partial charge in [0.1, 0.15) is 10.7 Å². The van der Waals surface area contributed by atoms with E-state index in [1.807, 2.05) is 55.3 Å². The van der Waals surface area contributed by atoms with Gasteiger partial charge in [0.2, 0.25) is 5.91 Å². The Labute approximate surface area is 194 Å². The lowest BCUT2D eigenvalue weighted by Crippen LogP contribution is -2.43. The van der Waals surface area contributed by atoms with E-state index in [1.165, 1.54) is 4.88 Å². The van der Waals surface area contributed by atoms with Gasteiger partial charge in [-0.2, -0.15) is 8.42 Å². The van der Waals surface area contributed by atoms with Crippen molar-refractivity contribution in [1.29, 1.82) is 0 Å². The summed E-state index contributed by atoms with van der Waals surface area (Å²) in [6.07, 6.45) is 2.23. The number of piperidine rings is 1. The third-order valence-corrected chi connectivity index (χ3v) is 8.73. The molecule has 0 saturated carbocycles. The molecule has 170 valence electrons. The number of hydrogen-bond acceptors (Lipinski definition) is 5. The maximum absolute atomic E-state index is 12.9. The molecule has 0 atom stereocenters. The molecule has 1 aromatic heterocycles. The smallest absolute Gasteiger partial charge is 0.285 e. The summed E-state index contributed by atoms with van der Waals surface area (Å²) in [6, 6.07) is 9.81. The zero-order valence-corrected chi connectivity index (χ0v) is 20.4. The fourth-order valence-corrected chi connectivity index (χ4v) is 6.51. The highest BCUT2D eigenvalue weighted by Gasteiger charge is 2.35. The summed E-state index contributed by atoms with van der Waals surface area (Å²) in [6.45, 7) is 7.70. The van der Waals surface area contributed by atoms with E-state index < -0.39 is 10.0 Å². The minimum Gasteiger partial charge on any atom is -0.356 e. The second-order valence-corrected chi connectivity index (χ2v) is 11.1. The highest BCUT2D eigenvalue weighted by Crippen LogP contribution is 2.35. The first-order chi connectivity index (χ1) is 15.3. The van der Waals surface area contributed by atoms with E-state index in [0.717, 1.165) is 17.5 Å². The van der Waals surface area contributed by atoms with Gasteiger partial charge >= 0.3 is 0 Å². The van der Waals surface area contributed by atoms with Crippen LogP contribution in [0.4, 0.5) is 0 Å². The van der Waals surface area contributed by atoms with Gasteiger partial charge in [0.15, 0.2) is 0 Å². The number of benzene rings is 1. The normalized spacial score (nSPS) is 18.7. The standard InChI is InChI=1S/C24H29N3O3S2/c1-16-6-7-20(15-17(16)2)22-18(3)23(26-32(22,29)30)27-12-9-19(10-13-27)24(28)25-11-8-21-5-4-14-31-21/h4-7,14-15,19H,8-13H2,1-3H3,(H,25,28). The minimum absolute atomic E-state index is 0.0447. The van der Waals surface area contributed by atoms with Gasteiger partial charge in [-0.15, -0.1) is 15.7 Å². The number of nitrogens with one attached hydrogen (secondary N) is 1. The molecule has 2 aliphatic rings. The molecule has 0 unspecified atom stereocenters. The van der Waals surface area contributed by atoms with Crippen molar-refractivity contribution in [3.8, 4) is 0 Å². The average Bonchev–Trinajstić information content (AvgIpc) is 3.36. The number of rotatable bonds is 5. The van der Waals surface area contributed by atoms with Crippen LogP contribution < -0.4 is 5.32 Å². The largest absolute Gasteiger partial charge is 0.356 e. The first-order valence-corrected chi connectivity index (χ1v) is 13.3. The number of carbonyl (C=O) groups is 1. The maximum atomic E-state index is 12.9. The van der Waals surface area contributed by atoms with Crippen molar-refractivity contribution in [2.45, 2.75) is 40.0 Å². The Morgan fingerprint density at radius 1 is 1.16 bits per heavy atom. The van der Waals surface area contributed by atoms with Crippen LogP contribution in [-0.4, -0.2) is 44.7 Å². The van der Waals surface area contributed by atoms with E-state index >= 15 is 0 Å². The minimum atomic E-state index is -3.73. The Morgan fingerprint density at radius 3 is 2.56 bits per heavy atom. The number of carbonyl (C=O) groups excluding carboxylic acids is 1. The maximum Gasteiger partial charge on any atom is 0.285 e. The highest BCUT2D eigenvalue weighted by atomic mass is 32.2. The van der Waals surface area contributed by atoms with Gasteiger partial charge in [-0.3, -0.25) is 4.79 Å². The first-order valence-electron chi connectivity index (χ1n) is 10.9. The predicted octanol–water partition coefficient (Wildman–Crippen LogP) is 3.91. The van der Waals surface area contributed by atoms with Crippen LogP contribution in [0.25, 0.3) is 4.91 Å². The molecular formula is C24H29N3O3S2. The van der Waals surface area contributed by atoms with Crippen LogP contribution in [-0.2, 0) is 21.2 Å². The molecule has 1 N–H and O–H groups in total. The van der Waals surface area contributed by atoms with E-state index in [9.17, 15) is 13.2 Å². The lowest BCUT2D eigenvalue weighted by atomic mass is 9.95. The van der Waals surface area contributed by atoms with Crippen molar-refractivity contribution in [2.24, 2.45) is 10.3 Å². The van der Waals surface area contributed by atoms with Crippen LogP contribution in [0, 0.1) is 19.8 Å². The second kappa shape index (κ2) is 9.19. The third kappa shape index (κ3) is 4.66. The van der Waals surface area contributed by atoms with E-state index in [4.69, 9.17) is 0 Å². The van der Waals surface area contributed by atoms with Crippen molar-refractivity contribution in [1.82, 2.24) is 10.2 Å². The molecular weight excluding hydrogens is 442 g/mol. The zero-order valence-electron chi connectivity index (χ0n) is 18.7.